The van der Waals surface area contributed by atoms with Crippen molar-refractivity contribution in [2.24, 2.45) is 0 Å². The Balaban J connectivity index is 1.83. The molecule has 7 heteroatoms. The summed E-state index contributed by atoms with van der Waals surface area (Å²) in [5, 5.41) is 5.30. The molecular formula is C23H29N3O4. The molecule has 3 amide bonds. The maximum atomic E-state index is 12.6. The molecular weight excluding hydrogens is 382 g/mol. The van der Waals surface area contributed by atoms with Crippen LogP contribution in [0.4, 0.5) is 5.69 Å². The van der Waals surface area contributed by atoms with Crippen LogP contribution in [0.15, 0.2) is 48.5 Å². The Morgan fingerprint density at radius 3 is 2.23 bits per heavy atom. The summed E-state index contributed by atoms with van der Waals surface area (Å²) in [6.45, 7) is 4.14. The first kappa shape index (κ1) is 22.9. The molecule has 0 aliphatic rings. The van der Waals surface area contributed by atoms with E-state index in [1.807, 2.05) is 38.1 Å². The van der Waals surface area contributed by atoms with Gasteiger partial charge in [-0.05, 0) is 43.2 Å². The van der Waals surface area contributed by atoms with Gasteiger partial charge < -0.3 is 20.3 Å². The minimum Gasteiger partial charge on any atom is -0.497 e. The molecule has 160 valence electrons. The van der Waals surface area contributed by atoms with Crippen molar-refractivity contribution in [1.82, 2.24) is 10.2 Å². The van der Waals surface area contributed by atoms with E-state index in [-0.39, 0.29) is 37.2 Å². The number of benzene rings is 2. The number of hydrogen-bond donors (Lipinski definition) is 2. The fourth-order valence-corrected chi connectivity index (χ4v) is 2.84. The van der Waals surface area contributed by atoms with Gasteiger partial charge in [0.05, 0.1) is 26.6 Å². The zero-order chi connectivity index (χ0) is 21.9. The second-order valence-electron chi connectivity index (χ2n) is 7.03. The number of rotatable bonds is 10. The summed E-state index contributed by atoms with van der Waals surface area (Å²) < 4.78 is 5.12. The number of nitrogens with one attached hydrogen (secondary N) is 2. The summed E-state index contributed by atoms with van der Waals surface area (Å²) in [4.78, 5) is 38.4. The number of methoxy groups -OCH3 is 1. The molecule has 0 saturated carbocycles. The summed E-state index contributed by atoms with van der Waals surface area (Å²) >= 11 is 0. The van der Waals surface area contributed by atoms with Crippen LogP contribution in [0.25, 0.3) is 0 Å². The van der Waals surface area contributed by atoms with Crippen molar-refractivity contribution in [2.45, 2.75) is 26.7 Å². The molecule has 7 nitrogen and oxygen atoms in total. The van der Waals surface area contributed by atoms with E-state index in [2.05, 4.69) is 10.6 Å². The molecule has 0 bridgehead atoms. The normalized spacial score (nSPS) is 10.2. The third kappa shape index (κ3) is 7.58. The fourth-order valence-electron chi connectivity index (χ4n) is 2.84. The van der Waals surface area contributed by atoms with Gasteiger partial charge in [-0.25, -0.2) is 0 Å². The van der Waals surface area contributed by atoms with Gasteiger partial charge >= 0.3 is 0 Å². The van der Waals surface area contributed by atoms with Crippen molar-refractivity contribution in [3.63, 3.8) is 0 Å². The van der Waals surface area contributed by atoms with Gasteiger partial charge in [-0.15, -0.1) is 0 Å². The van der Waals surface area contributed by atoms with Crippen LogP contribution in [-0.4, -0.2) is 49.4 Å². The highest BCUT2D eigenvalue weighted by Crippen LogP contribution is 2.12. The van der Waals surface area contributed by atoms with Crippen LogP contribution in [0.3, 0.4) is 0 Å². The number of amides is 3. The number of anilines is 1. The number of carbonyl (C=O) groups is 3. The van der Waals surface area contributed by atoms with Gasteiger partial charge in [0.15, 0.2) is 0 Å². The van der Waals surface area contributed by atoms with Crippen LogP contribution < -0.4 is 15.4 Å². The Morgan fingerprint density at radius 1 is 0.967 bits per heavy atom. The van der Waals surface area contributed by atoms with Gasteiger partial charge in [-0.2, -0.15) is 0 Å². The molecule has 2 rings (SSSR count). The number of nitrogens with zero attached hydrogens (tertiary/aromatic N) is 1. The third-order valence-electron chi connectivity index (χ3n) is 4.48. The first-order valence-electron chi connectivity index (χ1n) is 9.95. The van der Waals surface area contributed by atoms with Crippen LogP contribution in [0.2, 0.25) is 0 Å². The molecule has 0 radical (unpaired) electrons. The Morgan fingerprint density at radius 2 is 1.63 bits per heavy atom. The zero-order valence-corrected chi connectivity index (χ0v) is 17.7. The zero-order valence-electron chi connectivity index (χ0n) is 17.7. The predicted octanol–water partition coefficient (Wildman–Crippen LogP) is 2.54. The molecule has 0 spiro atoms. The summed E-state index contributed by atoms with van der Waals surface area (Å²) in [5.41, 5.74) is 2.61. The Kier molecular flexibility index (Phi) is 8.87. The predicted molar refractivity (Wildman–Crippen MR) is 116 cm³/mol. The van der Waals surface area contributed by atoms with Crippen molar-refractivity contribution in [1.29, 1.82) is 0 Å². The van der Waals surface area contributed by atoms with Crippen LogP contribution in [0.5, 0.6) is 5.75 Å². The second-order valence-corrected chi connectivity index (χ2v) is 7.03. The standard InChI is InChI=1S/C23H29N3O4/c1-4-13-26(23(29)14-18-7-11-20(30-3)12-8-18)16-22(28)24-15-21(27)25-19-9-5-17(2)6-10-19/h5-12H,4,13-16H2,1-3H3,(H,24,28)(H,25,27). The van der Waals surface area contributed by atoms with E-state index in [1.165, 1.54) is 4.90 Å². The SMILES string of the molecule is CCCN(CC(=O)NCC(=O)Nc1ccc(C)cc1)C(=O)Cc1ccc(OC)cc1. The van der Waals surface area contributed by atoms with E-state index in [9.17, 15) is 14.4 Å². The number of hydrogen-bond acceptors (Lipinski definition) is 4. The number of aryl methyl sites for hydroxylation is 1. The lowest BCUT2D eigenvalue weighted by Gasteiger charge is -2.21. The molecule has 2 aromatic carbocycles. The van der Waals surface area contributed by atoms with Crippen LogP contribution >= 0.6 is 0 Å². The van der Waals surface area contributed by atoms with E-state index in [4.69, 9.17) is 4.74 Å². The Hall–Kier alpha value is -3.35. The van der Waals surface area contributed by atoms with Crippen molar-refractivity contribution < 1.29 is 19.1 Å². The molecule has 0 fully saturated rings. The molecule has 0 heterocycles. The summed E-state index contributed by atoms with van der Waals surface area (Å²) in [5.74, 6) is -0.106. The molecule has 0 saturated heterocycles. The van der Waals surface area contributed by atoms with Crippen LogP contribution in [0.1, 0.15) is 24.5 Å². The van der Waals surface area contributed by atoms with Crippen molar-refractivity contribution >= 4 is 23.4 Å². The molecule has 0 aromatic heterocycles. The van der Waals surface area contributed by atoms with E-state index in [0.717, 1.165) is 23.3 Å². The van der Waals surface area contributed by atoms with E-state index >= 15 is 0 Å². The number of carbonyl (C=O) groups excluding carboxylic acids is 3. The average Bonchev–Trinajstić information content (AvgIpc) is 2.74. The molecule has 0 atom stereocenters. The van der Waals surface area contributed by atoms with E-state index in [0.29, 0.717) is 12.2 Å². The van der Waals surface area contributed by atoms with Crippen molar-refractivity contribution in [3.05, 3.63) is 59.7 Å². The molecule has 0 aliphatic carbocycles. The molecule has 0 aliphatic heterocycles. The van der Waals surface area contributed by atoms with Crippen LogP contribution in [-0.2, 0) is 20.8 Å². The maximum Gasteiger partial charge on any atom is 0.243 e. The summed E-state index contributed by atoms with van der Waals surface area (Å²) in [7, 11) is 1.59. The molecule has 2 aromatic rings. The van der Waals surface area contributed by atoms with Crippen LogP contribution in [0, 0.1) is 6.92 Å². The molecule has 2 N–H and O–H groups in total. The minimum atomic E-state index is -0.370. The topological polar surface area (TPSA) is 87.7 Å². The Labute approximate surface area is 177 Å². The van der Waals surface area contributed by atoms with Crippen molar-refractivity contribution in [2.75, 3.05) is 32.1 Å². The van der Waals surface area contributed by atoms with Gasteiger partial charge in [-0.3, -0.25) is 14.4 Å². The highest BCUT2D eigenvalue weighted by Gasteiger charge is 2.17. The molecule has 30 heavy (non-hydrogen) atoms. The fraction of sp³-hybridized carbons (Fsp3) is 0.348. The highest BCUT2D eigenvalue weighted by molar-refractivity contribution is 5.95. The quantitative estimate of drug-likeness (QED) is 0.629. The lowest BCUT2D eigenvalue weighted by atomic mass is 10.1. The number of ether oxygens (including phenoxy) is 1. The minimum absolute atomic E-state index is 0.0827. The Bertz CT molecular complexity index is 848. The van der Waals surface area contributed by atoms with Crippen molar-refractivity contribution in [3.8, 4) is 5.75 Å². The van der Waals surface area contributed by atoms with E-state index < -0.39 is 0 Å². The third-order valence-corrected chi connectivity index (χ3v) is 4.48. The first-order valence-corrected chi connectivity index (χ1v) is 9.95. The summed E-state index contributed by atoms with van der Waals surface area (Å²) in [6, 6.07) is 14.6. The van der Waals surface area contributed by atoms with Gasteiger partial charge in [0, 0.05) is 12.2 Å². The molecule has 0 unspecified atom stereocenters. The highest BCUT2D eigenvalue weighted by atomic mass is 16.5. The van der Waals surface area contributed by atoms with Gasteiger partial charge in [0.1, 0.15) is 5.75 Å². The monoisotopic (exact) mass is 411 g/mol. The smallest absolute Gasteiger partial charge is 0.243 e. The average molecular weight is 412 g/mol. The first-order chi connectivity index (χ1) is 14.4. The maximum absolute atomic E-state index is 12.6. The summed E-state index contributed by atoms with van der Waals surface area (Å²) in [6.07, 6.45) is 0.931. The van der Waals surface area contributed by atoms with Gasteiger partial charge in [-0.1, -0.05) is 36.8 Å². The largest absolute Gasteiger partial charge is 0.497 e. The second kappa shape index (κ2) is 11.6. The lowest BCUT2D eigenvalue weighted by molar-refractivity contribution is -0.135. The lowest BCUT2D eigenvalue weighted by Crippen LogP contribution is -2.43. The van der Waals surface area contributed by atoms with E-state index in [1.54, 1.807) is 31.4 Å². The van der Waals surface area contributed by atoms with Gasteiger partial charge in [0.25, 0.3) is 0 Å². The van der Waals surface area contributed by atoms with Gasteiger partial charge in [0.2, 0.25) is 17.7 Å².